The molecule has 0 radical (unpaired) electrons. The van der Waals surface area contributed by atoms with Gasteiger partial charge in [0.15, 0.2) is 5.16 Å². The fourth-order valence-electron chi connectivity index (χ4n) is 4.96. The lowest BCUT2D eigenvalue weighted by Gasteiger charge is -2.30. The molecule has 1 aliphatic carbocycles. The van der Waals surface area contributed by atoms with Gasteiger partial charge in [-0.25, -0.2) is 4.79 Å². The van der Waals surface area contributed by atoms with Crippen LogP contribution in [-0.4, -0.2) is 62.0 Å². The van der Waals surface area contributed by atoms with Gasteiger partial charge in [0.05, 0.1) is 11.4 Å². The van der Waals surface area contributed by atoms with E-state index >= 15 is 0 Å². The van der Waals surface area contributed by atoms with E-state index in [0.29, 0.717) is 18.0 Å². The van der Waals surface area contributed by atoms with Crippen LogP contribution in [0.15, 0.2) is 35.5 Å². The van der Waals surface area contributed by atoms with Gasteiger partial charge in [0, 0.05) is 13.1 Å². The fraction of sp³-hybridized carbons (Fsp3) is 0.522. The maximum atomic E-state index is 12.9. The number of benzene rings is 1. The molecule has 1 aromatic carbocycles. The molecule has 0 bridgehead atoms. The summed E-state index contributed by atoms with van der Waals surface area (Å²) in [6, 6.07) is 9.26. The molecule has 2 saturated heterocycles. The first kappa shape index (κ1) is 22.7. The van der Waals surface area contributed by atoms with E-state index in [4.69, 9.17) is 0 Å². The highest BCUT2D eigenvalue weighted by atomic mass is 32.2. The number of anilines is 1. The third-order valence-corrected chi connectivity index (χ3v) is 7.64. The number of para-hydroxylation sites is 1. The zero-order valence-corrected chi connectivity index (χ0v) is 19.9. The first-order valence-corrected chi connectivity index (χ1v) is 12.9. The van der Waals surface area contributed by atoms with Crippen LogP contribution in [0.1, 0.15) is 51.4 Å². The smallest absolute Gasteiger partial charge is 0.341 e. The number of amides is 4. The molecule has 5 rings (SSSR count). The largest absolute Gasteiger partial charge is 0.344 e. The zero-order chi connectivity index (χ0) is 23.5. The van der Waals surface area contributed by atoms with Crippen molar-refractivity contribution in [3.63, 3.8) is 0 Å². The number of carbonyl (C=O) groups excluding carboxylic acids is 3. The van der Waals surface area contributed by atoms with E-state index in [-0.39, 0.29) is 11.7 Å². The first-order chi connectivity index (χ1) is 16.6. The fourth-order valence-corrected chi connectivity index (χ4v) is 5.70. The molecule has 2 aromatic rings. The number of nitrogens with one attached hydrogen (secondary N) is 2. The Morgan fingerprint density at radius 2 is 1.71 bits per heavy atom. The Bertz CT molecular complexity index is 1060. The van der Waals surface area contributed by atoms with Crippen molar-refractivity contribution in [2.24, 2.45) is 0 Å². The van der Waals surface area contributed by atoms with Crippen LogP contribution in [0.3, 0.4) is 0 Å². The number of hydrogen-bond donors (Lipinski definition) is 2. The van der Waals surface area contributed by atoms with E-state index in [0.717, 1.165) is 61.8 Å². The van der Waals surface area contributed by atoms with Crippen molar-refractivity contribution in [1.82, 2.24) is 30.5 Å². The number of imide groups is 1. The van der Waals surface area contributed by atoms with E-state index in [1.165, 1.54) is 18.2 Å². The van der Waals surface area contributed by atoms with E-state index in [1.807, 2.05) is 34.9 Å². The lowest BCUT2D eigenvalue weighted by atomic mass is 9.82. The predicted octanol–water partition coefficient (Wildman–Crippen LogP) is 2.64. The Morgan fingerprint density at radius 1 is 1.00 bits per heavy atom. The third-order valence-electron chi connectivity index (χ3n) is 6.71. The molecule has 2 aliphatic heterocycles. The molecule has 0 unspecified atom stereocenters. The van der Waals surface area contributed by atoms with Gasteiger partial charge in [-0.2, -0.15) is 5.01 Å². The quantitative estimate of drug-likeness (QED) is 0.480. The molecule has 3 heterocycles. The minimum atomic E-state index is -0.868. The van der Waals surface area contributed by atoms with Crippen LogP contribution in [0.25, 0.3) is 5.69 Å². The van der Waals surface area contributed by atoms with Gasteiger partial charge in [0.25, 0.3) is 5.91 Å². The number of piperidine rings is 1. The van der Waals surface area contributed by atoms with Crippen LogP contribution >= 0.6 is 11.8 Å². The molecule has 34 heavy (non-hydrogen) atoms. The molecule has 10 nitrogen and oxygen atoms in total. The lowest BCUT2D eigenvalue weighted by Crippen LogP contribution is -2.51. The molecular formula is C23H29N7O3S. The molecular weight excluding hydrogens is 454 g/mol. The molecule has 2 N–H and O–H groups in total. The van der Waals surface area contributed by atoms with Gasteiger partial charge >= 0.3 is 6.03 Å². The van der Waals surface area contributed by atoms with Crippen molar-refractivity contribution in [3.05, 3.63) is 30.3 Å². The summed E-state index contributed by atoms with van der Waals surface area (Å²) in [4.78, 5) is 40.3. The number of carbonyl (C=O) groups is 3. The Labute approximate surface area is 202 Å². The van der Waals surface area contributed by atoms with Gasteiger partial charge in [-0.15, -0.1) is 10.2 Å². The molecule has 1 saturated carbocycles. The van der Waals surface area contributed by atoms with Crippen molar-refractivity contribution in [1.29, 1.82) is 0 Å². The van der Waals surface area contributed by atoms with Crippen LogP contribution in [-0.2, 0) is 9.59 Å². The van der Waals surface area contributed by atoms with Gasteiger partial charge in [0.2, 0.25) is 11.9 Å². The summed E-state index contributed by atoms with van der Waals surface area (Å²) >= 11 is 1.23. The maximum absolute atomic E-state index is 12.9. The summed E-state index contributed by atoms with van der Waals surface area (Å²) in [5.41, 5.74) is 2.55. The number of thioether (sulfide) groups is 1. The van der Waals surface area contributed by atoms with Crippen LogP contribution in [0.2, 0.25) is 0 Å². The Kier molecular flexibility index (Phi) is 6.44. The molecule has 180 valence electrons. The molecule has 3 aliphatic rings. The van der Waals surface area contributed by atoms with Crippen LogP contribution in [0, 0.1) is 0 Å². The van der Waals surface area contributed by atoms with Crippen LogP contribution < -0.4 is 15.6 Å². The maximum Gasteiger partial charge on any atom is 0.344 e. The number of nitrogens with zero attached hydrogens (tertiary/aromatic N) is 5. The second kappa shape index (κ2) is 9.65. The lowest BCUT2D eigenvalue weighted by molar-refractivity contribution is -0.139. The molecule has 1 aromatic heterocycles. The highest BCUT2D eigenvalue weighted by Crippen LogP contribution is 2.33. The Hall–Kier alpha value is -3.08. The topological polar surface area (TPSA) is 112 Å². The van der Waals surface area contributed by atoms with Gasteiger partial charge in [-0.1, -0.05) is 49.2 Å². The van der Waals surface area contributed by atoms with Gasteiger partial charge in [0.1, 0.15) is 5.54 Å². The summed E-state index contributed by atoms with van der Waals surface area (Å²) < 4.78 is 1.97. The molecule has 11 heteroatoms. The number of hydrazine groups is 1. The SMILES string of the molecule is O=C(CSc1nnc(N2CCCCC2)n1-c1ccccc1)NN1C(=O)NC2(CCCCC2)C1=O. The summed E-state index contributed by atoms with van der Waals surface area (Å²) in [6.45, 7) is 1.84. The van der Waals surface area contributed by atoms with Crippen molar-refractivity contribution < 1.29 is 14.4 Å². The highest BCUT2D eigenvalue weighted by Gasteiger charge is 2.52. The van der Waals surface area contributed by atoms with Crippen molar-refractivity contribution >= 4 is 35.6 Å². The molecule has 1 spiro atoms. The average Bonchev–Trinajstić information content (AvgIpc) is 3.39. The third kappa shape index (κ3) is 4.36. The van der Waals surface area contributed by atoms with Crippen LogP contribution in [0.5, 0.6) is 0 Å². The van der Waals surface area contributed by atoms with E-state index in [1.54, 1.807) is 0 Å². The zero-order valence-electron chi connectivity index (χ0n) is 19.0. The van der Waals surface area contributed by atoms with E-state index in [2.05, 4.69) is 25.8 Å². The van der Waals surface area contributed by atoms with E-state index in [9.17, 15) is 14.4 Å². The Morgan fingerprint density at radius 3 is 2.44 bits per heavy atom. The van der Waals surface area contributed by atoms with Crippen molar-refractivity contribution in [2.75, 3.05) is 23.7 Å². The second-order valence-corrected chi connectivity index (χ2v) is 9.98. The minimum absolute atomic E-state index is 0.00493. The second-order valence-electron chi connectivity index (χ2n) is 9.04. The first-order valence-electron chi connectivity index (χ1n) is 11.9. The Balaban J connectivity index is 1.28. The number of aromatic nitrogens is 3. The van der Waals surface area contributed by atoms with Gasteiger partial charge < -0.3 is 10.2 Å². The number of rotatable bonds is 6. The minimum Gasteiger partial charge on any atom is -0.341 e. The molecule has 3 fully saturated rings. The average molecular weight is 484 g/mol. The summed E-state index contributed by atoms with van der Waals surface area (Å²) in [5.74, 6) is -0.0456. The van der Waals surface area contributed by atoms with Crippen LogP contribution in [0.4, 0.5) is 10.7 Å². The number of urea groups is 1. The van der Waals surface area contributed by atoms with Crippen molar-refractivity contribution in [2.45, 2.75) is 62.1 Å². The van der Waals surface area contributed by atoms with Gasteiger partial charge in [-0.3, -0.25) is 19.6 Å². The van der Waals surface area contributed by atoms with E-state index < -0.39 is 17.5 Å². The normalized spacial score (nSPS) is 20.0. The highest BCUT2D eigenvalue weighted by molar-refractivity contribution is 7.99. The number of hydrogen-bond acceptors (Lipinski definition) is 7. The predicted molar refractivity (Wildman–Crippen MR) is 127 cm³/mol. The monoisotopic (exact) mass is 483 g/mol. The van der Waals surface area contributed by atoms with Crippen molar-refractivity contribution in [3.8, 4) is 5.69 Å². The summed E-state index contributed by atoms with van der Waals surface area (Å²) in [6.07, 6.45) is 7.48. The summed E-state index contributed by atoms with van der Waals surface area (Å²) in [5, 5.41) is 13.0. The van der Waals surface area contributed by atoms with Gasteiger partial charge in [-0.05, 0) is 44.2 Å². The molecule has 0 atom stereocenters. The summed E-state index contributed by atoms with van der Waals surface area (Å²) in [7, 11) is 0. The molecule has 4 amide bonds. The standard InChI is InChI=1S/C23H29N7O3S/c31-18(27-30-19(32)23(24-21(30)33)12-6-2-7-13-23)16-34-22-26-25-20(28-14-8-3-9-15-28)29(22)17-10-4-1-5-11-17/h1,4-5,10-11H,2-3,6-9,12-16H2,(H,24,33)(H,27,31).